The molecule has 3 N–H and O–H groups in total. The van der Waals surface area contributed by atoms with Gasteiger partial charge in [0, 0.05) is 18.5 Å². The van der Waals surface area contributed by atoms with Crippen LogP contribution in [0.3, 0.4) is 0 Å². The number of rotatable bonds is 5. The van der Waals surface area contributed by atoms with Gasteiger partial charge in [0.05, 0.1) is 0 Å². The van der Waals surface area contributed by atoms with E-state index in [0.717, 1.165) is 18.2 Å². The second kappa shape index (κ2) is 4.68. The molecule has 1 fully saturated rings. The number of nitrogens with one attached hydrogen (secondary N) is 1. The van der Waals surface area contributed by atoms with Crippen LogP contribution in [0, 0.1) is 5.92 Å². The van der Waals surface area contributed by atoms with Gasteiger partial charge in [0.1, 0.15) is 17.5 Å². The van der Waals surface area contributed by atoms with Crippen molar-refractivity contribution >= 4 is 11.6 Å². The molecule has 0 saturated heterocycles. The van der Waals surface area contributed by atoms with E-state index in [1.54, 1.807) is 0 Å². The van der Waals surface area contributed by atoms with Gasteiger partial charge in [-0.3, -0.25) is 0 Å². The minimum atomic E-state index is 0.549. The van der Waals surface area contributed by atoms with Crippen molar-refractivity contribution in [3.63, 3.8) is 0 Å². The number of hydrogen-bond acceptors (Lipinski definition) is 4. The van der Waals surface area contributed by atoms with Gasteiger partial charge < -0.3 is 11.1 Å². The molecule has 1 unspecified atom stereocenters. The Morgan fingerprint density at radius 3 is 2.88 bits per heavy atom. The molecule has 0 aromatic carbocycles. The highest BCUT2D eigenvalue weighted by Gasteiger charge is 2.27. The fourth-order valence-corrected chi connectivity index (χ4v) is 1.52. The highest BCUT2D eigenvalue weighted by molar-refractivity contribution is 5.45. The topological polar surface area (TPSA) is 63.8 Å². The average molecular weight is 220 g/mol. The van der Waals surface area contributed by atoms with Crippen molar-refractivity contribution in [2.75, 3.05) is 17.6 Å². The minimum absolute atomic E-state index is 0.549. The molecule has 1 aromatic rings. The molecule has 0 radical (unpaired) electrons. The van der Waals surface area contributed by atoms with E-state index in [0.29, 0.717) is 17.7 Å². The lowest BCUT2D eigenvalue weighted by Crippen LogP contribution is -2.12. The van der Waals surface area contributed by atoms with E-state index in [2.05, 4.69) is 29.1 Å². The van der Waals surface area contributed by atoms with Gasteiger partial charge in [-0.15, -0.1) is 0 Å². The minimum Gasteiger partial charge on any atom is -0.384 e. The first-order valence-electron chi connectivity index (χ1n) is 6.07. The van der Waals surface area contributed by atoms with Crippen molar-refractivity contribution in [3.8, 4) is 0 Å². The van der Waals surface area contributed by atoms with Gasteiger partial charge in [0.25, 0.3) is 0 Å². The lowest BCUT2D eigenvalue weighted by Gasteiger charge is -2.11. The molecular weight excluding hydrogens is 200 g/mol. The zero-order valence-corrected chi connectivity index (χ0v) is 10.0. The van der Waals surface area contributed by atoms with Crippen LogP contribution in [0.25, 0.3) is 0 Å². The zero-order chi connectivity index (χ0) is 11.5. The van der Waals surface area contributed by atoms with Gasteiger partial charge in [0.2, 0.25) is 0 Å². The van der Waals surface area contributed by atoms with Gasteiger partial charge >= 0.3 is 0 Å². The summed E-state index contributed by atoms with van der Waals surface area (Å²) >= 11 is 0. The molecule has 4 nitrogen and oxygen atoms in total. The summed E-state index contributed by atoms with van der Waals surface area (Å²) in [5, 5.41) is 3.33. The molecule has 1 aliphatic carbocycles. The lowest BCUT2D eigenvalue weighted by atomic mass is 10.1. The second-order valence-electron chi connectivity index (χ2n) is 4.70. The smallest absolute Gasteiger partial charge is 0.136 e. The van der Waals surface area contributed by atoms with Gasteiger partial charge in [-0.1, -0.05) is 20.3 Å². The summed E-state index contributed by atoms with van der Waals surface area (Å²) in [6.45, 7) is 5.35. The van der Waals surface area contributed by atoms with E-state index in [-0.39, 0.29) is 0 Å². The number of aromatic nitrogens is 2. The van der Waals surface area contributed by atoms with Crippen LogP contribution < -0.4 is 11.1 Å². The van der Waals surface area contributed by atoms with Crippen LogP contribution in [-0.4, -0.2) is 16.5 Å². The number of nitrogens with two attached hydrogens (primary N) is 1. The van der Waals surface area contributed by atoms with Crippen molar-refractivity contribution < 1.29 is 0 Å². The summed E-state index contributed by atoms with van der Waals surface area (Å²) in [5.74, 6) is 3.55. The standard InChI is InChI=1S/C12H20N4/c1-3-8(2)7-14-11-6-10(13)15-12(16-11)9-4-5-9/h6,8-9H,3-5,7H2,1-2H3,(H3,13,14,15,16). The first kappa shape index (κ1) is 11.2. The van der Waals surface area contributed by atoms with Crippen LogP contribution in [0.15, 0.2) is 6.07 Å². The Hall–Kier alpha value is -1.32. The maximum absolute atomic E-state index is 5.77. The predicted octanol–water partition coefficient (Wildman–Crippen LogP) is 2.39. The highest BCUT2D eigenvalue weighted by atomic mass is 15.1. The van der Waals surface area contributed by atoms with Gasteiger partial charge in [-0.2, -0.15) is 0 Å². The van der Waals surface area contributed by atoms with Crippen molar-refractivity contribution in [2.24, 2.45) is 5.92 Å². The van der Waals surface area contributed by atoms with Crippen molar-refractivity contribution in [3.05, 3.63) is 11.9 Å². The Morgan fingerprint density at radius 1 is 1.50 bits per heavy atom. The predicted molar refractivity (Wildman–Crippen MR) is 66.4 cm³/mol. The fraction of sp³-hybridized carbons (Fsp3) is 0.667. The number of nitrogens with zero attached hydrogens (tertiary/aromatic N) is 2. The van der Waals surface area contributed by atoms with Crippen LogP contribution in [-0.2, 0) is 0 Å². The quantitative estimate of drug-likeness (QED) is 0.799. The highest BCUT2D eigenvalue weighted by Crippen LogP contribution is 2.38. The molecule has 0 bridgehead atoms. The molecule has 16 heavy (non-hydrogen) atoms. The lowest BCUT2D eigenvalue weighted by molar-refractivity contribution is 0.592. The summed E-state index contributed by atoms with van der Waals surface area (Å²) in [7, 11) is 0. The average Bonchev–Trinajstić information content (AvgIpc) is 3.09. The Balaban J connectivity index is 2.02. The molecule has 0 spiro atoms. The number of anilines is 2. The molecule has 0 amide bonds. The van der Waals surface area contributed by atoms with Crippen LogP contribution in [0.1, 0.15) is 44.9 Å². The molecule has 0 aliphatic heterocycles. The first-order valence-corrected chi connectivity index (χ1v) is 6.07. The van der Waals surface area contributed by atoms with Crippen LogP contribution >= 0.6 is 0 Å². The summed E-state index contributed by atoms with van der Waals surface area (Å²) in [6, 6.07) is 1.81. The monoisotopic (exact) mass is 220 g/mol. The third kappa shape index (κ3) is 2.84. The Kier molecular flexibility index (Phi) is 3.27. The SMILES string of the molecule is CCC(C)CNc1cc(N)nc(C2CC2)n1. The van der Waals surface area contributed by atoms with Gasteiger partial charge in [0.15, 0.2) is 0 Å². The maximum atomic E-state index is 5.77. The Morgan fingerprint density at radius 2 is 2.25 bits per heavy atom. The zero-order valence-electron chi connectivity index (χ0n) is 10.0. The second-order valence-corrected chi connectivity index (χ2v) is 4.70. The summed E-state index contributed by atoms with van der Waals surface area (Å²) in [5.41, 5.74) is 5.77. The third-order valence-corrected chi connectivity index (χ3v) is 3.03. The molecule has 1 aliphatic rings. The summed E-state index contributed by atoms with van der Waals surface area (Å²) in [6.07, 6.45) is 3.57. The fourth-order valence-electron chi connectivity index (χ4n) is 1.52. The van der Waals surface area contributed by atoms with Crippen molar-refractivity contribution in [2.45, 2.75) is 39.0 Å². The molecular formula is C12H20N4. The van der Waals surface area contributed by atoms with Gasteiger partial charge in [-0.05, 0) is 18.8 Å². The molecule has 1 aromatic heterocycles. The summed E-state index contributed by atoms with van der Waals surface area (Å²) < 4.78 is 0. The summed E-state index contributed by atoms with van der Waals surface area (Å²) in [4.78, 5) is 8.77. The van der Waals surface area contributed by atoms with Crippen LogP contribution in [0.5, 0.6) is 0 Å². The molecule has 1 atom stereocenters. The third-order valence-electron chi connectivity index (χ3n) is 3.03. The molecule has 1 saturated carbocycles. The van der Waals surface area contributed by atoms with E-state index in [4.69, 9.17) is 5.73 Å². The van der Waals surface area contributed by atoms with E-state index < -0.39 is 0 Å². The Labute approximate surface area is 96.7 Å². The molecule has 4 heteroatoms. The number of nitrogen functional groups attached to an aromatic ring is 1. The van der Waals surface area contributed by atoms with Crippen LogP contribution in [0.2, 0.25) is 0 Å². The van der Waals surface area contributed by atoms with Crippen molar-refractivity contribution in [1.82, 2.24) is 9.97 Å². The van der Waals surface area contributed by atoms with Crippen LogP contribution in [0.4, 0.5) is 11.6 Å². The Bertz CT molecular complexity index is 360. The molecule has 2 rings (SSSR count). The van der Waals surface area contributed by atoms with E-state index in [9.17, 15) is 0 Å². The molecule has 88 valence electrons. The molecule has 1 heterocycles. The largest absolute Gasteiger partial charge is 0.384 e. The van der Waals surface area contributed by atoms with E-state index >= 15 is 0 Å². The van der Waals surface area contributed by atoms with Gasteiger partial charge in [-0.25, -0.2) is 9.97 Å². The first-order chi connectivity index (χ1) is 7.69. The normalized spacial score (nSPS) is 17.1. The number of hydrogen-bond donors (Lipinski definition) is 2. The van der Waals surface area contributed by atoms with E-state index in [1.165, 1.54) is 19.3 Å². The van der Waals surface area contributed by atoms with Crippen molar-refractivity contribution in [1.29, 1.82) is 0 Å². The maximum Gasteiger partial charge on any atom is 0.136 e. The van der Waals surface area contributed by atoms with E-state index in [1.807, 2.05) is 6.07 Å².